The number of rotatable bonds is 4. The van der Waals surface area contributed by atoms with E-state index in [4.69, 9.17) is 21.4 Å². The van der Waals surface area contributed by atoms with Gasteiger partial charge in [-0.1, -0.05) is 11.6 Å². The van der Waals surface area contributed by atoms with E-state index in [-0.39, 0.29) is 10.8 Å². The summed E-state index contributed by atoms with van der Waals surface area (Å²) in [6.07, 6.45) is -5.20. The monoisotopic (exact) mass is 382 g/mol. The fraction of sp³-hybridized carbons (Fsp3) is 0.133. The van der Waals surface area contributed by atoms with E-state index in [2.05, 4.69) is 4.74 Å². The number of ether oxygens (including phenoxy) is 2. The number of carboxylic acids is 1. The molecular formula is C15H8ClF5O4. The first-order valence-electron chi connectivity index (χ1n) is 6.40. The number of methoxy groups -OCH3 is 1. The second-order valence-corrected chi connectivity index (χ2v) is 5.03. The third-order valence-electron chi connectivity index (χ3n) is 3.03. The lowest BCUT2D eigenvalue weighted by Crippen LogP contribution is -2.15. The Balaban J connectivity index is 2.69. The van der Waals surface area contributed by atoms with Crippen molar-refractivity contribution in [2.45, 2.75) is 6.18 Å². The molecule has 10 heteroatoms. The molecule has 134 valence electrons. The van der Waals surface area contributed by atoms with E-state index < -0.39 is 46.4 Å². The Morgan fingerprint density at radius 1 is 1.12 bits per heavy atom. The van der Waals surface area contributed by atoms with Crippen molar-refractivity contribution in [3.63, 3.8) is 0 Å². The first-order valence-corrected chi connectivity index (χ1v) is 6.78. The lowest BCUT2D eigenvalue weighted by molar-refractivity contribution is -0.141. The van der Waals surface area contributed by atoms with Gasteiger partial charge < -0.3 is 14.6 Å². The lowest BCUT2D eigenvalue weighted by Gasteiger charge is -2.17. The predicted molar refractivity (Wildman–Crippen MR) is 76.4 cm³/mol. The molecule has 25 heavy (non-hydrogen) atoms. The molecule has 0 amide bonds. The summed E-state index contributed by atoms with van der Waals surface area (Å²) in [5.74, 6) is -6.86. The van der Waals surface area contributed by atoms with Gasteiger partial charge in [-0.15, -0.1) is 0 Å². The molecule has 0 bridgehead atoms. The maximum absolute atomic E-state index is 14.2. The average Bonchev–Trinajstić information content (AvgIpc) is 2.47. The van der Waals surface area contributed by atoms with Gasteiger partial charge in [0.1, 0.15) is 34.2 Å². The van der Waals surface area contributed by atoms with E-state index in [0.29, 0.717) is 6.07 Å². The number of halogens is 6. The molecule has 0 radical (unpaired) electrons. The Morgan fingerprint density at radius 2 is 1.76 bits per heavy atom. The molecular weight excluding hydrogens is 375 g/mol. The highest BCUT2D eigenvalue weighted by molar-refractivity contribution is 6.32. The molecule has 4 nitrogen and oxygen atoms in total. The van der Waals surface area contributed by atoms with Crippen LogP contribution in [0.4, 0.5) is 22.0 Å². The first-order chi connectivity index (χ1) is 11.6. The molecule has 0 atom stereocenters. The van der Waals surface area contributed by atoms with Crippen LogP contribution in [0.3, 0.4) is 0 Å². The Hall–Kier alpha value is -2.55. The zero-order chi connectivity index (χ0) is 18.9. The van der Waals surface area contributed by atoms with Gasteiger partial charge in [-0.2, -0.15) is 13.2 Å². The van der Waals surface area contributed by atoms with Gasteiger partial charge in [-0.05, 0) is 18.2 Å². The Bertz CT molecular complexity index is 836. The van der Waals surface area contributed by atoms with Gasteiger partial charge in [0, 0.05) is 6.07 Å². The molecule has 0 unspecified atom stereocenters. The summed E-state index contributed by atoms with van der Waals surface area (Å²) in [5, 5.41) is 8.77. The van der Waals surface area contributed by atoms with Crippen LogP contribution in [0.5, 0.6) is 17.2 Å². The molecule has 0 aliphatic heterocycles. The SMILES string of the molecule is COc1cc(Oc2ccc(F)cc2Cl)c(C(=O)O)c(F)c1C(F)(F)F. The van der Waals surface area contributed by atoms with Gasteiger partial charge in [0.25, 0.3) is 0 Å². The largest absolute Gasteiger partial charge is 0.496 e. The van der Waals surface area contributed by atoms with Crippen LogP contribution in [-0.4, -0.2) is 18.2 Å². The molecule has 0 spiro atoms. The number of carboxylic acid groups (broad SMARTS) is 1. The van der Waals surface area contributed by atoms with Crippen LogP contribution in [0.1, 0.15) is 15.9 Å². The van der Waals surface area contributed by atoms with Crippen LogP contribution in [0, 0.1) is 11.6 Å². The maximum Gasteiger partial charge on any atom is 0.422 e. The van der Waals surface area contributed by atoms with Gasteiger partial charge in [-0.3, -0.25) is 0 Å². The van der Waals surface area contributed by atoms with E-state index in [0.717, 1.165) is 25.3 Å². The molecule has 2 aromatic rings. The van der Waals surface area contributed by atoms with Crippen LogP contribution in [0.25, 0.3) is 0 Å². The molecule has 1 N–H and O–H groups in total. The maximum atomic E-state index is 14.2. The van der Waals surface area contributed by atoms with Crippen molar-refractivity contribution in [1.29, 1.82) is 0 Å². The number of alkyl halides is 3. The van der Waals surface area contributed by atoms with Crippen LogP contribution in [-0.2, 0) is 6.18 Å². The van der Waals surface area contributed by atoms with Crippen molar-refractivity contribution in [3.05, 3.63) is 52.0 Å². The molecule has 2 aromatic carbocycles. The summed E-state index contributed by atoms with van der Waals surface area (Å²) in [6.45, 7) is 0. The third-order valence-corrected chi connectivity index (χ3v) is 3.32. The quantitative estimate of drug-likeness (QED) is 0.744. The second-order valence-electron chi connectivity index (χ2n) is 4.62. The topological polar surface area (TPSA) is 55.8 Å². The first kappa shape index (κ1) is 18.8. The average molecular weight is 383 g/mol. The van der Waals surface area contributed by atoms with Crippen molar-refractivity contribution in [2.75, 3.05) is 7.11 Å². The molecule has 0 saturated carbocycles. The Kier molecular flexibility index (Phi) is 5.07. The summed E-state index contributed by atoms with van der Waals surface area (Å²) in [6, 6.07) is 3.31. The number of benzene rings is 2. The summed E-state index contributed by atoms with van der Waals surface area (Å²) in [4.78, 5) is 11.2. The highest BCUT2D eigenvalue weighted by Gasteiger charge is 2.41. The van der Waals surface area contributed by atoms with E-state index in [1.165, 1.54) is 0 Å². The van der Waals surface area contributed by atoms with Gasteiger partial charge >= 0.3 is 12.1 Å². The zero-order valence-electron chi connectivity index (χ0n) is 12.2. The van der Waals surface area contributed by atoms with E-state index in [9.17, 15) is 26.7 Å². The van der Waals surface area contributed by atoms with Gasteiger partial charge in [-0.25, -0.2) is 13.6 Å². The van der Waals surface area contributed by atoms with Crippen LogP contribution in [0.15, 0.2) is 24.3 Å². The van der Waals surface area contributed by atoms with Crippen molar-refractivity contribution in [2.24, 2.45) is 0 Å². The summed E-state index contributed by atoms with van der Waals surface area (Å²) in [7, 11) is 0.846. The summed E-state index contributed by atoms with van der Waals surface area (Å²) >= 11 is 5.71. The number of aromatic carboxylic acids is 1. The van der Waals surface area contributed by atoms with Crippen molar-refractivity contribution in [3.8, 4) is 17.2 Å². The lowest BCUT2D eigenvalue weighted by atomic mass is 10.1. The number of hydrogen-bond acceptors (Lipinski definition) is 3. The molecule has 0 saturated heterocycles. The van der Waals surface area contributed by atoms with E-state index in [1.807, 2.05) is 0 Å². The normalized spacial score (nSPS) is 11.3. The predicted octanol–water partition coefficient (Wildman–Crippen LogP) is 5.14. The Labute approximate surface area is 142 Å². The summed E-state index contributed by atoms with van der Waals surface area (Å²) < 4.78 is 75.8. The molecule has 0 fully saturated rings. The molecule has 2 rings (SSSR count). The fourth-order valence-electron chi connectivity index (χ4n) is 1.99. The number of carbonyl (C=O) groups is 1. The third kappa shape index (κ3) is 3.76. The highest BCUT2D eigenvalue weighted by Crippen LogP contribution is 2.44. The minimum Gasteiger partial charge on any atom is -0.496 e. The fourth-order valence-corrected chi connectivity index (χ4v) is 2.19. The molecule has 0 aliphatic rings. The standard InChI is InChI=1S/C15H8ClF5O4/c1-24-10-5-9(25-8-3-2-6(17)4-7(8)16)11(14(22)23)13(18)12(10)15(19,20)21/h2-5H,1H3,(H,22,23). The van der Waals surface area contributed by atoms with E-state index in [1.54, 1.807) is 0 Å². The molecule has 0 aromatic heterocycles. The second kappa shape index (κ2) is 6.75. The van der Waals surface area contributed by atoms with Gasteiger partial charge in [0.2, 0.25) is 0 Å². The smallest absolute Gasteiger partial charge is 0.422 e. The molecule has 0 heterocycles. The highest BCUT2D eigenvalue weighted by atomic mass is 35.5. The minimum atomic E-state index is -5.20. The number of hydrogen-bond donors (Lipinski definition) is 1. The van der Waals surface area contributed by atoms with Crippen molar-refractivity contribution >= 4 is 17.6 Å². The van der Waals surface area contributed by atoms with Gasteiger partial charge in [0.15, 0.2) is 5.82 Å². The van der Waals surface area contributed by atoms with Gasteiger partial charge in [0.05, 0.1) is 12.1 Å². The van der Waals surface area contributed by atoms with Crippen LogP contribution < -0.4 is 9.47 Å². The van der Waals surface area contributed by atoms with E-state index >= 15 is 0 Å². The van der Waals surface area contributed by atoms with Crippen LogP contribution in [0.2, 0.25) is 5.02 Å². The molecule has 0 aliphatic carbocycles. The van der Waals surface area contributed by atoms with Crippen molar-refractivity contribution < 1.29 is 41.3 Å². The van der Waals surface area contributed by atoms with Crippen LogP contribution >= 0.6 is 11.6 Å². The summed E-state index contributed by atoms with van der Waals surface area (Å²) in [5.41, 5.74) is -3.25. The van der Waals surface area contributed by atoms with Crippen molar-refractivity contribution in [1.82, 2.24) is 0 Å². The zero-order valence-corrected chi connectivity index (χ0v) is 13.0. The minimum absolute atomic E-state index is 0.285. The Morgan fingerprint density at radius 3 is 2.24 bits per heavy atom.